The number of rotatable bonds is 10. The summed E-state index contributed by atoms with van der Waals surface area (Å²) in [7, 11) is 0. The summed E-state index contributed by atoms with van der Waals surface area (Å²) in [5.41, 5.74) is 3.47. The molecule has 0 radical (unpaired) electrons. The SMILES string of the molecule is CC[C@H](NC(=O)Oc1c(CN2CCN(CCc3ccccc3)CC2)n(-c2ccc(Cl)cc2)c(=O)c2ccccc12)c1ccccc1. The summed E-state index contributed by atoms with van der Waals surface area (Å²) in [5.74, 6) is 0.386. The first-order chi connectivity index (χ1) is 22.5. The number of benzene rings is 4. The zero-order valence-electron chi connectivity index (χ0n) is 26.1. The van der Waals surface area contributed by atoms with E-state index >= 15 is 0 Å². The Bertz CT molecular complexity index is 1820. The fourth-order valence-electron chi connectivity index (χ4n) is 6.17. The predicted octanol–water partition coefficient (Wildman–Crippen LogP) is 7.24. The van der Waals surface area contributed by atoms with E-state index in [9.17, 15) is 9.59 Å². The highest BCUT2D eigenvalue weighted by atomic mass is 35.5. The molecule has 0 saturated carbocycles. The molecule has 4 aromatic carbocycles. The molecule has 1 fully saturated rings. The molecular formula is C38H39ClN4O3. The topological polar surface area (TPSA) is 66.8 Å². The van der Waals surface area contributed by atoms with Gasteiger partial charge in [0.2, 0.25) is 0 Å². The summed E-state index contributed by atoms with van der Waals surface area (Å²) in [6.07, 6.45) is 1.15. The van der Waals surface area contributed by atoms with Gasteiger partial charge in [0.1, 0.15) is 0 Å². The van der Waals surface area contributed by atoms with Crippen LogP contribution in [0.2, 0.25) is 5.02 Å². The minimum absolute atomic E-state index is 0.169. The van der Waals surface area contributed by atoms with Crippen molar-refractivity contribution in [2.45, 2.75) is 32.4 Å². The number of pyridine rings is 1. The van der Waals surface area contributed by atoms with Crippen LogP contribution in [0.1, 0.15) is 36.2 Å². The van der Waals surface area contributed by atoms with Gasteiger partial charge in [-0.05, 0) is 54.3 Å². The Hall–Kier alpha value is -4.43. The number of carbonyl (C=O) groups is 1. The zero-order valence-corrected chi connectivity index (χ0v) is 26.8. The van der Waals surface area contributed by atoms with E-state index in [1.54, 1.807) is 22.8 Å². The molecule has 1 atom stereocenters. The van der Waals surface area contributed by atoms with Gasteiger partial charge in [-0.3, -0.25) is 14.3 Å². The lowest BCUT2D eigenvalue weighted by Gasteiger charge is -2.35. The summed E-state index contributed by atoms with van der Waals surface area (Å²) in [5, 5.41) is 4.72. The van der Waals surface area contributed by atoms with Crippen molar-refractivity contribution in [1.29, 1.82) is 0 Å². The van der Waals surface area contributed by atoms with Crippen LogP contribution in [0.4, 0.5) is 4.79 Å². The Morgan fingerprint density at radius 2 is 1.41 bits per heavy atom. The lowest BCUT2D eigenvalue weighted by molar-refractivity contribution is 0.125. The van der Waals surface area contributed by atoms with Gasteiger partial charge in [-0.2, -0.15) is 0 Å². The van der Waals surface area contributed by atoms with Gasteiger partial charge in [0, 0.05) is 55.4 Å². The van der Waals surface area contributed by atoms with Crippen LogP contribution >= 0.6 is 11.6 Å². The average molecular weight is 635 g/mol. The number of halogens is 1. The molecule has 1 aliphatic rings. The molecule has 1 aliphatic heterocycles. The first-order valence-corrected chi connectivity index (χ1v) is 16.3. The van der Waals surface area contributed by atoms with Crippen molar-refractivity contribution >= 4 is 28.5 Å². The fourth-order valence-corrected chi connectivity index (χ4v) is 6.30. The number of ether oxygens (including phenoxy) is 1. The van der Waals surface area contributed by atoms with Crippen LogP contribution in [0.5, 0.6) is 5.75 Å². The van der Waals surface area contributed by atoms with E-state index in [0.717, 1.165) is 44.7 Å². The van der Waals surface area contributed by atoms with Crippen LogP contribution in [0, 0.1) is 0 Å². The second-order valence-corrected chi connectivity index (χ2v) is 12.1. The molecule has 1 N–H and O–H groups in total. The maximum Gasteiger partial charge on any atom is 0.413 e. The van der Waals surface area contributed by atoms with Crippen LogP contribution < -0.4 is 15.6 Å². The summed E-state index contributed by atoms with van der Waals surface area (Å²) in [6.45, 7) is 6.95. The quantitative estimate of drug-likeness (QED) is 0.175. The summed E-state index contributed by atoms with van der Waals surface area (Å²) >= 11 is 6.24. The predicted molar refractivity (Wildman–Crippen MR) is 185 cm³/mol. The number of hydrogen-bond donors (Lipinski definition) is 1. The molecule has 46 heavy (non-hydrogen) atoms. The van der Waals surface area contributed by atoms with E-state index in [0.29, 0.717) is 45.9 Å². The molecule has 0 spiro atoms. The minimum atomic E-state index is -0.561. The molecule has 5 aromatic rings. The maximum absolute atomic E-state index is 14.1. The van der Waals surface area contributed by atoms with Crippen LogP contribution in [0.15, 0.2) is 114 Å². The molecule has 1 amide bonds. The summed E-state index contributed by atoms with van der Waals surface area (Å²) in [4.78, 5) is 32.6. The normalized spacial score (nSPS) is 14.7. The van der Waals surface area contributed by atoms with E-state index in [4.69, 9.17) is 16.3 Å². The molecule has 7 nitrogen and oxygen atoms in total. The lowest BCUT2D eigenvalue weighted by Crippen LogP contribution is -2.47. The number of amides is 1. The molecule has 236 valence electrons. The van der Waals surface area contributed by atoms with Gasteiger partial charge >= 0.3 is 6.09 Å². The Morgan fingerprint density at radius 1 is 0.804 bits per heavy atom. The van der Waals surface area contributed by atoms with Gasteiger partial charge in [-0.15, -0.1) is 0 Å². The summed E-state index contributed by atoms with van der Waals surface area (Å²) in [6, 6.07) is 34.7. The number of nitrogens with one attached hydrogen (secondary N) is 1. The highest BCUT2D eigenvalue weighted by Gasteiger charge is 2.26. The maximum atomic E-state index is 14.1. The standard InChI is InChI=1S/C38H39ClN4O3/c1-2-34(29-13-7-4-8-14-29)40-38(45)46-36-32-15-9-10-16-33(32)37(44)43(31-19-17-30(39)18-20-31)35(36)27-42-25-23-41(24-26-42)22-21-28-11-5-3-6-12-28/h3-20,34H,2,21-27H2,1H3,(H,40,45)/t34-/m0/s1. The Balaban J connectivity index is 1.32. The van der Waals surface area contributed by atoms with E-state index < -0.39 is 6.09 Å². The number of nitrogens with zero attached hydrogens (tertiary/aromatic N) is 3. The Labute approximate surface area is 275 Å². The number of piperazine rings is 1. The third kappa shape index (κ3) is 7.34. The number of aromatic nitrogens is 1. The van der Waals surface area contributed by atoms with E-state index in [2.05, 4.69) is 39.4 Å². The second kappa shape index (κ2) is 14.8. The Morgan fingerprint density at radius 3 is 2.09 bits per heavy atom. The number of fused-ring (bicyclic) bond motifs is 1. The van der Waals surface area contributed by atoms with Crippen molar-refractivity contribution in [3.05, 3.63) is 141 Å². The smallest absolute Gasteiger partial charge is 0.408 e. The van der Waals surface area contributed by atoms with Gasteiger partial charge in [0.05, 0.1) is 17.1 Å². The van der Waals surface area contributed by atoms with Crippen LogP contribution in [-0.2, 0) is 13.0 Å². The van der Waals surface area contributed by atoms with Gasteiger partial charge in [0.15, 0.2) is 5.75 Å². The highest BCUT2D eigenvalue weighted by molar-refractivity contribution is 6.30. The van der Waals surface area contributed by atoms with Gasteiger partial charge in [0.25, 0.3) is 5.56 Å². The van der Waals surface area contributed by atoms with Gasteiger partial charge in [-0.1, -0.05) is 97.4 Å². The fraction of sp³-hybridized carbons (Fsp3) is 0.263. The van der Waals surface area contributed by atoms with Crippen molar-refractivity contribution < 1.29 is 9.53 Å². The van der Waals surface area contributed by atoms with Crippen LogP contribution in [0.3, 0.4) is 0 Å². The van der Waals surface area contributed by atoms with E-state index in [-0.39, 0.29) is 11.6 Å². The second-order valence-electron chi connectivity index (χ2n) is 11.7. The van der Waals surface area contributed by atoms with Gasteiger partial charge in [-0.25, -0.2) is 4.79 Å². The molecule has 8 heteroatoms. The van der Waals surface area contributed by atoms with Crippen molar-refractivity contribution in [3.63, 3.8) is 0 Å². The number of hydrogen-bond acceptors (Lipinski definition) is 5. The van der Waals surface area contributed by atoms with E-state index in [1.807, 2.05) is 73.7 Å². The highest BCUT2D eigenvalue weighted by Crippen LogP contribution is 2.32. The van der Waals surface area contributed by atoms with Crippen LogP contribution in [-0.4, -0.2) is 53.2 Å². The van der Waals surface area contributed by atoms with Crippen LogP contribution in [0.25, 0.3) is 16.5 Å². The molecule has 2 heterocycles. The lowest BCUT2D eigenvalue weighted by atomic mass is 10.1. The molecule has 0 unspecified atom stereocenters. The van der Waals surface area contributed by atoms with Crippen molar-refractivity contribution in [3.8, 4) is 11.4 Å². The van der Waals surface area contributed by atoms with Crippen molar-refractivity contribution in [2.75, 3.05) is 32.7 Å². The first-order valence-electron chi connectivity index (χ1n) is 15.9. The molecule has 1 saturated heterocycles. The monoisotopic (exact) mass is 634 g/mol. The summed E-state index contributed by atoms with van der Waals surface area (Å²) < 4.78 is 7.91. The zero-order chi connectivity index (χ0) is 31.9. The van der Waals surface area contributed by atoms with E-state index in [1.165, 1.54) is 5.56 Å². The van der Waals surface area contributed by atoms with Crippen molar-refractivity contribution in [2.24, 2.45) is 0 Å². The molecule has 0 aliphatic carbocycles. The largest absolute Gasteiger partial charge is 0.413 e. The molecule has 0 bridgehead atoms. The molecular weight excluding hydrogens is 596 g/mol. The first kappa shape index (κ1) is 31.5. The Kier molecular flexibility index (Phi) is 10.1. The molecule has 6 rings (SSSR count). The number of carbonyl (C=O) groups excluding carboxylic acids is 1. The van der Waals surface area contributed by atoms with Gasteiger partial charge < -0.3 is 15.0 Å². The van der Waals surface area contributed by atoms with Crippen molar-refractivity contribution in [1.82, 2.24) is 19.7 Å². The molecule has 1 aromatic heterocycles. The third-order valence-electron chi connectivity index (χ3n) is 8.72. The minimum Gasteiger partial charge on any atom is -0.408 e. The average Bonchev–Trinajstić information content (AvgIpc) is 3.10. The third-order valence-corrected chi connectivity index (χ3v) is 8.97.